The summed E-state index contributed by atoms with van der Waals surface area (Å²) < 4.78 is 15.6. The van der Waals surface area contributed by atoms with Crippen LogP contribution in [0.1, 0.15) is 36.0 Å². The van der Waals surface area contributed by atoms with E-state index in [0.717, 1.165) is 70.8 Å². The molecule has 3 aliphatic rings. The molecule has 2 bridgehead atoms. The lowest BCUT2D eigenvalue weighted by molar-refractivity contribution is 0.0700. The average Bonchev–Trinajstić information content (AvgIpc) is 3.44. The molecule has 1 amide bonds. The molecule has 2 aliphatic carbocycles. The Morgan fingerprint density at radius 3 is 2.60 bits per heavy atom. The number of methoxy groups -OCH3 is 2. The Hall–Kier alpha value is -4.44. The number of aryl methyl sites for hydroxylation is 1. The van der Waals surface area contributed by atoms with Crippen molar-refractivity contribution in [2.24, 2.45) is 24.6 Å². The van der Waals surface area contributed by atoms with Crippen LogP contribution in [0.3, 0.4) is 0 Å². The van der Waals surface area contributed by atoms with E-state index < -0.39 is 0 Å². The molecule has 1 aromatic carbocycles. The molecule has 3 fully saturated rings. The Morgan fingerprint density at radius 1 is 1.02 bits per heavy atom. The number of aromatic nitrogens is 5. The number of amides is 1. The molecule has 10 heteroatoms. The zero-order chi connectivity index (χ0) is 29.4. The summed E-state index contributed by atoms with van der Waals surface area (Å²) >= 11 is 0. The first-order valence-corrected chi connectivity index (χ1v) is 15.1. The Bertz CT molecular complexity index is 1910. The fourth-order valence-corrected chi connectivity index (χ4v) is 7.16. The number of hydrogen-bond acceptors (Lipinski definition) is 7. The molecule has 1 aliphatic heterocycles. The molecule has 2 saturated carbocycles. The highest BCUT2D eigenvalue weighted by atomic mass is 16.5. The van der Waals surface area contributed by atoms with Crippen molar-refractivity contribution in [1.82, 2.24) is 29.0 Å². The number of rotatable bonds is 7. The standard InChI is InChI=1S/C33H35N7O3/c1-38-30-24(12-22(14-27(30)42-2)33(41)40-17-21-7-9-25(40)29(21)34)37-32(38)26-13-20-6-8-23(19-10-11-35-28(15-19)43-3)36-31(20)39(26)16-18-4-5-18/h6,8,10-15,18,21,25,29H,4-5,7,9,16-17,34H2,1-3H3/t21-,25-,29-/m1/s1. The topological polar surface area (TPSA) is 113 Å². The number of ether oxygens (including phenoxy) is 2. The van der Waals surface area contributed by atoms with Gasteiger partial charge in [-0.05, 0) is 73.9 Å². The number of fused-ring (bicyclic) bond motifs is 4. The quantitative estimate of drug-likeness (QED) is 0.300. The van der Waals surface area contributed by atoms with Gasteiger partial charge in [-0.3, -0.25) is 4.79 Å². The molecule has 5 aromatic rings. The van der Waals surface area contributed by atoms with Crippen LogP contribution in [0.4, 0.5) is 0 Å². The van der Waals surface area contributed by atoms with Gasteiger partial charge >= 0.3 is 0 Å². The van der Waals surface area contributed by atoms with Gasteiger partial charge in [0.2, 0.25) is 5.88 Å². The third kappa shape index (κ3) is 4.18. The third-order valence-corrected chi connectivity index (χ3v) is 9.67. The smallest absolute Gasteiger partial charge is 0.254 e. The highest BCUT2D eigenvalue weighted by Crippen LogP contribution is 2.40. The first kappa shape index (κ1) is 26.2. The van der Waals surface area contributed by atoms with Gasteiger partial charge in [-0.25, -0.2) is 15.0 Å². The molecule has 10 nitrogen and oxygen atoms in total. The number of pyridine rings is 2. The van der Waals surface area contributed by atoms with Gasteiger partial charge in [-0.1, -0.05) is 0 Å². The van der Waals surface area contributed by atoms with Crippen LogP contribution in [0.2, 0.25) is 0 Å². The van der Waals surface area contributed by atoms with Crippen molar-refractivity contribution in [3.63, 3.8) is 0 Å². The SMILES string of the molecule is COc1cc(-c2ccc3cc(-c4nc5cc(C(=O)N6C[C@H]7CC[C@@H]6[C@@H]7N)cc(OC)c5n4C)n(CC4CC4)c3n2)ccn1. The number of likely N-dealkylation sites (tertiary alicyclic amines) is 1. The van der Waals surface area contributed by atoms with Crippen LogP contribution in [0.15, 0.2) is 48.7 Å². The van der Waals surface area contributed by atoms with E-state index in [1.54, 1.807) is 20.4 Å². The molecule has 8 rings (SSSR count). The monoisotopic (exact) mass is 577 g/mol. The lowest BCUT2D eigenvalue weighted by atomic mass is 10.1. The minimum absolute atomic E-state index is 0.00220. The van der Waals surface area contributed by atoms with Crippen molar-refractivity contribution in [1.29, 1.82) is 0 Å². The number of piperidine rings is 1. The van der Waals surface area contributed by atoms with Gasteiger partial charge in [0.05, 0.1) is 31.1 Å². The van der Waals surface area contributed by atoms with Crippen LogP contribution in [0.25, 0.3) is 44.8 Å². The fourth-order valence-electron chi connectivity index (χ4n) is 7.16. The Labute approximate surface area is 249 Å². The zero-order valence-electron chi connectivity index (χ0n) is 24.7. The summed E-state index contributed by atoms with van der Waals surface area (Å²) in [5.41, 5.74) is 12.3. The summed E-state index contributed by atoms with van der Waals surface area (Å²) in [5, 5.41) is 1.05. The van der Waals surface area contributed by atoms with E-state index in [4.69, 9.17) is 25.2 Å². The summed E-state index contributed by atoms with van der Waals surface area (Å²) in [5.74, 6) is 3.02. The lowest BCUT2D eigenvalue weighted by Crippen LogP contribution is -2.41. The van der Waals surface area contributed by atoms with Crippen LogP contribution in [-0.2, 0) is 13.6 Å². The van der Waals surface area contributed by atoms with E-state index >= 15 is 0 Å². The van der Waals surface area contributed by atoms with Crippen molar-refractivity contribution >= 4 is 28.0 Å². The zero-order valence-corrected chi connectivity index (χ0v) is 24.7. The lowest BCUT2D eigenvalue weighted by Gasteiger charge is -2.27. The Kier molecular flexibility index (Phi) is 5.98. The van der Waals surface area contributed by atoms with E-state index in [9.17, 15) is 4.79 Å². The predicted octanol–water partition coefficient (Wildman–Crippen LogP) is 4.64. The van der Waals surface area contributed by atoms with Crippen LogP contribution in [0.5, 0.6) is 11.6 Å². The number of carbonyl (C=O) groups excluding carboxylic acids is 1. The minimum Gasteiger partial charge on any atom is -0.494 e. The molecular formula is C33H35N7O3. The molecule has 0 unspecified atom stereocenters. The van der Waals surface area contributed by atoms with Crippen molar-refractivity contribution in [3.8, 4) is 34.4 Å². The maximum Gasteiger partial charge on any atom is 0.254 e. The fraction of sp³-hybridized carbons (Fsp3) is 0.394. The molecule has 3 atom stereocenters. The second kappa shape index (κ2) is 9.80. The highest BCUT2D eigenvalue weighted by molar-refractivity contribution is 6.00. The number of nitrogens with two attached hydrogens (primary N) is 1. The number of nitrogens with zero attached hydrogens (tertiary/aromatic N) is 6. The van der Waals surface area contributed by atoms with Gasteiger partial charge < -0.3 is 29.2 Å². The number of imidazole rings is 1. The Balaban J connectivity index is 1.24. The number of benzene rings is 1. The van der Waals surface area contributed by atoms with E-state index in [0.29, 0.717) is 29.0 Å². The second-order valence-corrected chi connectivity index (χ2v) is 12.3. The molecule has 4 aromatic heterocycles. The minimum atomic E-state index is 0.00220. The van der Waals surface area contributed by atoms with E-state index in [1.165, 1.54) is 12.8 Å². The van der Waals surface area contributed by atoms with E-state index in [2.05, 4.69) is 26.3 Å². The van der Waals surface area contributed by atoms with Gasteiger partial charge in [0, 0.05) is 61.0 Å². The molecule has 43 heavy (non-hydrogen) atoms. The van der Waals surface area contributed by atoms with E-state index in [-0.39, 0.29) is 18.0 Å². The van der Waals surface area contributed by atoms with Crippen LogP contribution < -0.4 is 15.2 Å². The van der Waals surface area contributed by atoms with Gasteiger partial charge in [-0.2, -0.15) is 0 Å². The summed E-state index contributed by atoms with van der Waals surface area (Å²) in [6.45, 7) is 1.60. The first-order valence-electron chi connectivity index (χ1n) is 15.1. The molecule has 2 N–H and O–H groups in total. The van der Waals surface area contributed by atoms with Gasteiger partial charge in [-0.15, -0.1) is 0 Å². The molecule has 1 saturated heterocycles. The number of hydrogen-bond donors (Lipinski definition) is 1. The van der Waals surface area contributed by atoms with Crippen LogP contribution in [0, 0.1) is 11.8 Å². The summed E-state index contributed by atoms with van der Waals surface area (Å²) in [6.07, 6.45) is 6.24. The second-order valence-electron chi connectivity index (χ2n) is 12.3. The summed E-state index contributed by atoms with van der Waals surface area (Å²) in [4.78, 5) is 30.2. The van der Waals surface area contributed by atoms with Gasteiger partial charge in [0.1, 0.15) is 16.9 Å². The third-order valence-electron chi connectivity index (χ3n) is 9.67. The van der Waals surface area contributed by atoms with Crippen LogP contribution in [-0.4, -0.2) is 67.7 Å². The van der Waals surface area contributed by atoms with Gasteiger partial charge in [0.15, 0.2) is 5.82 Å². The molecule has 0 radical (unpaired) electrons. The molecule has 5 heterocycles. The summed E-state index contributed by atoms with van der Waals surface area (Å²) in [6, 6.07) is 14.1. The first-order chi connectivity index (χ1) is 20.9. The number of carbonyl (C=O) groups is 1. The Morgan fingerprint density at radius 2 is 1.88 bits per heavy atom. The predicted molar refractivity (Wildman–Crippen MR) is 164 cm³/mol. The van der Waals surface area contributed by atoms with Crippen molar-refractivity contribution in [2.75, 3.05) is 20.8 Å². The normalized spacial score (nSPS) is 21.3. The molecular weight excluding hydrogens is 542 g/mol. The largest absolute Gasteiger partial charge is 0.494 e. The molecule has 220 valence electrons. The highest BCUT2D eigenvalue weighted by Gasteiger charge is 2.47. The van der Waals surface area contributed by atoms with Crippen molar-refractivity contribution < 1.29 is 14.3 Å². The average molecular weight is 578 g/mol. The summed E-state index contributed by atoms with van der Waals surface area (Å²) in [7, 11) is 5.27. The van der Waals surface area contributed by atoms with Crippen LogP contribution >= 0.6 is 0 Å². The van der Waals surface area contributed by atoms with E-state index in [1.807, 2.05) is 42.3 Å². The maximum atomic E-state index is 13.7. The molecule has 0 spiro atoms. The maximum absolute atomic E-state index is 13.7. The van der Waals surface area contributed by atoms with Gasteiger partial charge in [0.25, 0.3) is 5.91 Å². The van der Waals surface area contributed by atoms with Crippen molar-refractivity contribution in [3.05, 3.63) is 54.2 Å². The van der Waals surface area contributed by atoms with Crippen molar-refractivity contribution in [2.45, 2.75) is 44.3 Å².